The molecule has 3 nitrogen and oxygen atoms in total. The molecular weight excluding hydrogens is 1190 g/mol. The summed E-state index contributed by atoms with van der Waals surface area (Å²) in [5.74, 6) is -48.0. The van der Waals surface area contributed by atoms with Crippen molar-refractivity contribution in [2.24, 2.45) is 0 Å². The van der Waals surface area contributed by atoms with Crippen molar-refractivity contribution in [3.05, 3.63) is 217 Å². The van der Waals surface area contributed by atoms with Crippen molar-refractivity contribution in [3.63, 3.8) is 0 Å². The Hall–Kier alpha value is -6.88. The average Bonchev–Trinajstić information content (AvgIpc) is 0.725. The molecule has 0 bridgehead atoms. The first-order chi connectivity index (χ1) is 40.1. The van der Waals surface area contributed by atoms with Crippen LogP contribution in [0, 0.1) is 87.3 Å². The van der Waals surface area contributed by atoms with Gasteiger partial charge in [-0.15, -0.1) is 16.4 Å². The molecule has 0 amide bonds. The molecule has 0 saturated carbocycles. The average molecular weight is 1260 g/mol. The van der Waals surface area contributed by atoms with E-state index in [9.17, 15) is 0 Å². The molecule has 0 radical (unpaired) electrons. The van der Waals surface area contributed by atoms with Crippen LogP contribution < -0.4 is 30.0 Å². The summed E-state index contributed by atoms with van der Waals surface area (Å²) < 4.78 is 273. The van der Waals surface area contributed by atoms with E-state index in [1.165, 1.54) is 36.4 Å². The molecule has 20 heteroatoms. The van der Waals surface area contributed by atoms with E-state index in [0.717, 1.165) is 12.1 Å². The molecule has 88 heavy (non-hydrogen) atoms. The summed E-state index contributed by atoms with van der Waals surface area (Å²) >= 11 is 0. The van der Waals surface area contributed by atoms with E-state index < -0.39 is 161 Å². The molecule has 0 aliphatic heterocycles. The lowest BCUT2D eigenvalue weighted by molar-refractivity contribution is 0.355. The van der Waals surface area contributed by atoms with E-state index in [4.69, 9.17) is 13.6 Å². The van der Waals surface area contributed by atoms with Crippen LogP contribution in [0.3, 0.4) is 0 Å². The van der Waals surface area contributed by atoms with Crippen LogP contribution in [0.5, 0.6) is 17.2 Å². The van der Waals surface area contributed by atoms with Crippen LogP contribution >= 0.6 is 7.94 Å². The maximum Gasteiger partial charge on any atom is 0.576 e. The minimum atomic E-state index is -6.45. The van der Waals surface area contributed by atoms with Crippen LogP contribution in [0.2, 0.25) is 0 Å². The molecule has 0 N–H and O–H groups in total. The summed E-state index contributed by atoms with van der Waals surface area (Å²) in [5.41, 5.74) is -11.1. The number of hydrogen-bond acceptors (Lipinski definition) is 3. The van der Waals surface area contributed by atoms with E-state index >= 15 is 65.9 Å². The van der Waals surface area contributed by atoms with Gasteiger partial charge in [0, 0.05) is 22.3 Å². The Balaban J connectivity index is 1.99. The summed E-state index contributed by atoms with van der Waals surface area (Å²) in [6.07, 6.45) is -6.45. The Morgan fingerprint density at radius 1 is 0.307 bits per heavy atom. The Kier molecular flexibility index (Phi) is 18.3. The summed E-state index contributed by atoms with van der Waals surface area (Å²) in [6, 6.07) is 20.4. The predicted molar refractivity (Wildman–Crippen MR) is 318 cm³/mol. The topological polar surface area (TPSA) is 27.7 Å². The van der Waals surface area contributed by atoms with Crippen molar-refractivity contribution < 1.29 is 79.4 Å². The summed E-state index contributed by atoms with van der Waals surface area (Å²) in [5, 5.41) is -1.14. The lowest BCUT2D eigenvalue weighted by Crippen LogP contribution is -2.72. The molecule has 0 aromatic heterocycles. The standard InChI is InChI=1S/C68H69BF15O3P/c1-63(2,3)35-24-27-41(38(30-35)66(10,11)12)85-88(86-42-28-25-36(64(4,5)6)31-39(42)67(13,14)15,87-43-29-26-37(65(7,8)9)32-40(43)68(16,17)18)44(34-22-20-19-21-23-34)33-69(45-48(70)54(76)60(82)55(77)49(45)71,46-50(72)56(78)61(83)57(79)51(46)73)47-52(74)58(80)62(84)59(81)53(47)75/h19-33H,1-18H3/b44-33+. The van der Waals surface area contributed by atoms with Crippen molar-refractivity contribution in [1.82, 2.24) is 0 Å². The van der Waals surface area contributed by atoms with Gasteiger partial charge in [0.25, 0.3) is 0 Å². The third-order valence-corrected chi connectivity index (χ3v) is 17.8. The molecule has 472 valence electrons. The normalized spacial score (nSPS) is 13.4. The van der Waals surface area contributed by atoms with Crippen LogP contribution in [0.25, 0.3) is 5.31 Å². The smallest absolute Gasteiger partial charge is 0.267 e. The highest BCUT2D eigenvalue weighted by atomic mass is 31.2. The molecule has 0 fully saturated rings. The van der Waals surface area contributed by atoms with Crippen molar-refractivity contribution in [3.8, 4) is 17.2 Å². The number of halogens is 15. The van der Waals surface area contributed by atoms with Crippen LogP contribution in [0.4, 0.5) is 65.9 Å². The molecule has 7 aromatic rings. The van der Waals surface area contributed by atoms with Gasteiger partial charge in [-0.2, -0.15) is 5.98 Å². The molecule has 0 aliphatic carbocycles. The highest BCUT2D eigenvalue weighted by molar-refractivity contribution is 7.73. The Labute approximate surface area is 504 Å². The molecule has 0 saturated heterocycles. The maximum atomic E-state index is 17.7. The van der Waals surface area contributed by atoms with Crippen LogP contribution in [0.15, 0.2) is 90.9 Å². The van der Waals surface area contributed by atoms with E-state index in [0.29, 0.717) is 33.4 Å². The molecule has 0 unspecified atom stereocenters. The summed E-state index contributed by atoms with van der Waals surface area (Å²) in [7, 11) is -5.74. The number of benzene rings is 7. The zero-order valence-electron chi connectivity index (χ0n) is 52.1. The predicted octanol–water partition coefficient (Wildman–Crippen LogP) is 19.6. The maximum absolute atomic E-state index is 17.7. The fourth-order valence-electron chi connectivity index (χ4n) is 10.5. The molecule has 0 atom stereocenters. The van der Waals surface area contributed by atoms with Gasteiger partial charge < -0.3 is 0 Å². The highest BCUT2D eigenvalue weighted by Gasteiger charge is 2.60. The fraction of sp³-hybridized carbons (Fsp3) is 0.353. The second-order valence-corrected chi connectivity index (χ2v) is 30.2. The Morgan fingerprint density at radius 2 is 0.534 bits per heavy atom. The third kappa shape index (κ3) is 12.6. The Bertz CT molecular complexity index is 3470. The van der Waals surface area contributed by atoms with E-state index in [1.54, 1.807) is 98.7 Å². The monoisotopic (exact) mass is 1260 g/mol. The second kappa shape index (κ2) is 23.5. The van der Waals surface area contributed by atoms with E-state index in [-0.39, 0.29) is 23.2 Å². The van der Waals surface area contributed by atoms with Gasteiger partial charge in [0.15, 0.2) is 74.9 Å². The van der Waals surface area contributed by atoms with Gasteiger partial charge in [-0.25, -0.2) is 65.9 Å². The van der Waals surface area contributed by atoms with Gasteiger partial charge in [-0.1, -0.05) is 191 Å². The second-order valence-electron chi connectivity index (χ2n) is 28.2. The molecule has 0 spiro atoms. The Morgan fingerprint density at radius 3 is 0.750 bits per heavy atom. The lowest BCUT2D eigenvalue weighted by Gasteiger charge is -2.42. The zero-order valence-corrected chi connectivity index (χ0v) is 53.0. The van der Waals surface area contributed by atoms with E-state index in [2.05, 4.69) is 0 Å². The van der Waals surface area contributed by atoms with Gasteiger partial charge in [0.1, 0.15) is 41.0 Å². The lowest BCUT2D eigenvalue weighted by atomic mass is 9.15. The van der Waals surface area contributed by atoms with Crippen LogP contribution in [-0.4, -0.2) is 6.15 Å². The minimum absolute atomic E-state index is 0.0845. The number of rotatable bonds is 12. The minimum Gasteiger partial charge on any atom is -0.267 e. The van der Waals surface area contributed by atoms with Crippen LogP contribution in [-0.2, 0) is 32.5 Å². The van der Waals surface area contributed by atoms with Crippen molar-refractivity contribution in [2.75, 3.05) is 0 Å². The zero-order chi connectivity index (χ0) is 66.5. The molecular formula is C68H69BF15O3P. The van der Waals surface area contributed by atoms with Crippen molar-refractivity contribution in [2.45, 2.75) is 157 Å². The quantitative estimate of drug-likeness (QED) is 0.0401. The SMILES string of the molecule is CC(C)(C)c1ccc(O[P+](Oc2ccc(C(C)(C)C)cc2C(C)(C)C)(Oc2ccc(C(C)(C)C)cc2C(C)(C)C)/C(=C/[B-](c2c(F)c(F)c(F)c(F)c2F)(c2c(F)c(F)c(F)c(F)c2F)c2c(F)c(F)c(F)c(F)c2F)c2ccccc2)c(C(C)(C)C)c1. The highest BCUT2D eigenvalue weighted by Crippen LogP contribution is 2.72. The third-order valence-electron chi connectivity index (χ3n) is 15.5. The van der Waals surface area contributed by atoms with Gasteiger partial charge in [0.05, 0.1) is 0 Å². The molecule has 7 rings (SSSR count). The first-order valence-corrected chi connectivity index (χ1v) is 29.6. The summed E-state index contributed by atoms with van der Waals surface area (Å²) in [4.78, 5) is 0. The van der Waals surface area contributed by atoms with Gasteiger partial charge in [-0.3, -0.25) is 13.6 Å². The van der Waals surface area contributed by atoms with Crippen molar-refractivity contribution in [1.29, 1.82) is 0 Å². The molecule has 7 aromatic carbocycles. The largest absolute Gasteiger partial charge is 0.576 e. The first kappa shape index (κ1) is 68.6. The van der Waals surface area contributed by atoms with Gasteiger partial charge in [-0.05, 0) is 67.4 Å². The molecule has 0 heterocycles. The summed E-state index contributed by atoms with van der Waals surface area (Å²) in [6.45, 7) is 32.8. The van der Waals surface area contributed by atoms with Gasteiger partial charge >= 0.3 is 7.94 Å². The van der Waals surface area contributed by atoms with E-state index in [1.807, 2.05) is 62.3 Å². The number of hydrogen-bond donors (Lipinski definition) is 0. The van der Waals surface area contributed by atoms with Gasteiger partial charge in [0.2, 0.25) is 0 Å². The fourth-order valence-corrected chi connectivity index (χ4v) is 13.1. The van der Waals surface area contributed by atoms with Crippen LogP contribution in [0.1, 0.15) is 164 Å². The first-order valence-electron chi connectivity index (χ1n) is 28.1. The molecule has 0 aliphatic rings. The van der Waals surface area contributed by atoms with Crippen molar-refractivity contribution >= 4 is 35.8 Å².